The van der Waals surface area contributed by atoms with Crippen molar-refractivity contribution >= 4 is 11.8 Å². The fraction of sp³-hybridized carbons (Fsp3) is 0.867. The lowest BCUT2D eigenvalue weighted by molar-refractivity contribution is -0.161. The summed E-state index contributed by atoms with van der Waals surface area (Å²) in [6.45, 7) is 10.1. The number of hydrogen-bond acceptors (Lipinski definition) is 3. The van der Waals surface area contributed by atoms with Gasteiger partial charge in [-0.1, -0.05) is 27.7 Å². The Balaban J connectivity index is 3.20. The van der Waals surface area contributed by atoms with Crippen molar-refractivity contribution in [2.24, 2.45) is 5.92 Å². The van der Waals surface area contributed by atoms with Crippen LogP contribution < -0.4 is 5.32 Å². The number of ether oxygens (including phenoxy) is 1. The first-order valence-corrected chi connectivity index (χ1v) is 7.46. The number of nitrogens with zero attached hydrogens (tertiary/aromatic N) is 1. The predicted molar refractivity (Wildman–Crippen MR) is 78.3 cm³/mol. The van der Waals surface area contributed by atoms with E-state index in [2.05, 4.69) is 5.32 Å². The lowest BCUT2D eigenvalue weighted by Gasteiger charge is -2.48. The zero-order chi connectivity index (χ0) is 15.5. The molecule has 1 saturated heterocycles. The van der Waals surface area contributed by atoms with Gasteiger partial charge in [-0.3, -0.25) is 9.59 Å². The van der Waals surface area contributed by atoms with Crippen molar-refractivity contribution in [1.82, 2.24) is 10.2 Å². The first kappa shape index (κ1) is 17.0. The molecule has 5 heteroatoms. The zero-order valence-electron chi connectivity index (χ0n) is 13.5. The monoisotopic (exact) mass is 284 g/mol. The molecule has 2 amide bonds. The third-order valence-corrected chi connectivity index (χ3v) is 4.24. The van der Waals surface area contributed by atoms with Crippen LogP contribution in [0.2, 0.25) is 0 Å². The molecule has 116 valence electrons. The molecule has 1 rings (SSSR count). The molecule has 1 N–H and O–H groups in total. The molecule has 1 fully saturated rings. The lowest BCUT2D eigenvalue weighted by atomic mass is 9.87. The Morgan fingerprint density at radius 3 is 2.35 bits per heavy atom. The van der Waals surface area contributed by atoms with E-state index in [4.69, 9.17) is 4.74 Å². The minimum atomic E-state index is -0.802. The number of piperazine rings is 1. The molecule has 0 aromatic rings. The van der Waals surface area contributed by atoms with Gasteiger partial charge in [-0.15, -0.1) is 0 Å². The first-order chi connectivity index (χ1) is 9.32. The molecule has 1 aliphatic heterocycles. The van der Waals surface area contributed by atoms with Gasteiger partial charge in [-0.25, -0.2) is 0 Å². The second-order valence-corrected chi connectivity index (χ2v) is 6.09. The van der Waals surface area contributed by atoms with E-state index in [9.17, 15) is 9.59 Å². The standard InChI is InChI=1S/C15H28N2O3/c1-7-11(9-20-6)17-12(10(3)4)13(18)16-15(5,8-2)14(17)19/h10-12H,7-9H2,1-6H3,(H,16,18). The number of methoxy groups -OCH3 is 1. The highest BCUT2D eigenvalue weighted by Gasteiger charge is 2.49. The minimum absolute atomic E-state index is 0.00204. The van der Waals surface area contributed by atoms with Crippen LogP contribution in [-0.4, -0.2) is 48.1 Å². The van der Waals surface area contributed by atoms with Gasteiger partial charge in [0.25, 0.3) is 0 Å². The van der Waals surface area contributed by atoms with Crippen LogP contribution in [0.3, 0.4) is 0 Å². The van der Waals surface area contributed by atoms with E-state index < -0.39 is 11.6 Å². The summed E-state index contributed by atoms with van der Waals surface area (Å²) in [5.41, 5.74) is -0.802. The molecule has 5 nitrogen and oxygen atoms in total. The maximum atomic E-state index is 12.9. The van der Waals surface area contributed by atoms with Crippen molar-refractivity contribution in [3.8, 4) is 0 Å². The summed E-state index contributed by atoms with van der Waals surface area (Å²) < 4.78 is 5.24. The number of nitrogens with one attached hydrogen (secondary N) is 1. The molecule has 20 heavy (non-hydrogen) atoms. The number of rotatable bonds is 6. The molecule has 0 saturated carbocycles. The number of carbonyl (C=O) groups excluding carboxylic acids is 2. The highest BCUT2D eigenvalue weighted by molar-refractivity contribution is 5.99. The molecule has 3 atom stereocenters. The third kappa shape index (κ3) is 2.97. The molecule has 0 aromatic carbocycles. The van der Waals surface area contributed by atoms with Crippen LogP contribution in [0.15, 0.2) is 0 Å². The summed E-state index contributed by atoms with van der Waals surface area (Å²) in [4.78, 5) is 27.1. The average molecular weight is 284 g/mol. The summed E-state index contributed by atoms with van der Waals surface area (Å²) in [7, 11) is 1.63. The average Bonchev–Trinajstić information content (AvgIpc) is 2.39. The molecule has 1 aliphatic rings. The summed E-state index contributed by atoms with van der Waals surface area (Å²) in [5, 5.41) is 2.90. The van der Waals surface area contributed by atoms with Gasteiger partial charge >= 0.3 is 0 Å². The highest BCUT2D eigenvalue weighted by atomic mass is 16.5. The van der Waals surface area contributed by atoms with Crippen molar-refractivity contribution in [1.29, 1.82) is 0 Å². The quantitative estimate of drug-likeness (QED) is 0.805. The van der Waals surface area contributed by atoms with Gasteiger partial charge in [0.05, 0.1) is 12.6 Å². The van der Waals surface area contributed by atoms with Crippen LogP contribution >= 0.6 is 0 Å². The molecular weight excluding hydrogens is 256 g/mol. The lowest BCUT2D eigenvalue weighted by Crippen LogP contribution is -2.72. The first-order valence-electron chi connectivity index (χ1n) is 7.46. The van der Waals surface area contributed by atoms with E-state index in [1.807, 2.05) is 27.7 Å². The topological polar surface area (TPSA) is 58.6 Å². The Kier molecular flexibility index (Phi) is 5.57. The number of hydrogen-bond donors (Lipinski definition) is 1. The Hall–Kier alpha value is -1.10. The largest absolute Gasteiger partial charge is 0.383 e. The predicted octanol–water partition coefficient (Wildman–Crippen LogP) is 1.56. The van der Waals surface area contributed by atoms with E-state index in [0.717, 1.165) is 6.42 Å². The number of carbonyl (C=O) groups is 2. The van der Waals surface area contributed by atoms with Gasteiger partial charge in [0.1, 0.15) is 11.6 Å². The molecule has 0 aromatic heterocycles. The summed E-state index contributed by atoms with van der Waals surface area (Å²) in [5.74, 6) is 0.0203. The van der Waals surface area contributed by atoms with Crippen molar-refractivity contribution in [3.63, 3.8) is 0 Å². The summed E-state index contributed by atoms with van der Waals surface area (Å²) in [6, 6.07) is -0.473. The zero-order valence-corrected chi connectivity index (χ0v) is 13.5. The molecule has 0 bridgehead atoms. The van der Waals surface area contributed by atoms with Crippen LogP contribution in [0, 0.1) is 5.92 Å². The van der Waals surface area contributed by atoms with Crippen LogP contribution in [0.5, 0.6) is 0 Å². The second-order valence-electron chi connectivity index (χ2n) is 6.09. The smallest absolute Gasteiger partial charge is 0.249 e. The molecule has 0 radical (unpaired) electrons. The van der Waals surface area contributed by atoms with E-state index in [0.29, 0.717) is 13.0 Å². The Morgan fingerprint density at radius 1 is 1.35 bits per heavy atom. The van der Waals surface area contributed by atoms with Gasteiger partial charge in [0.15, 0.2) is 0 Å². The van der Waals surface area contributed by atoms with Crippen LogP contribution in [0.25, 0.3) is 0 Å². The number of amides is 2. The minimum Gasteiger partial charge on any atom is -0.383 e. The maximum absolute atomic E-state index is 12.9. The van der Waals surface area contributed by atoms with E-state index in [1.165, 1.54) is 0 Å². The Morgan fingerprint density at radius 2 is 1.95 bits per heavy atom. The van der Waals surface area contributed by atoms with Gasteiger partial charge in [0.2, 0.25) is 11.8 Å². The second kappa shape index (κ2) is 6.57. The third-order valence-electron chi connectivity index (χ3n) is 4.24. The Labute approximate surface area is 122 Å². The summed E-state index contributed by atoms with van der Waals surface area (Å²) >= 11 is 0. The fourth-order valence-electron chi connectivity index (χ4n) is 2.78. The van der Waals surface area contributed by atoms with Crippen molar-refractivity contribution in [2.75, 3.05) is 13.7 Å². The van der Waals surface area contributed by atoms with Crippen LogP contribution in [0.1, 0.15) is 47.5 Å². The van der Waals surface area contributed by atoms with Gasteiger partial charge < -0.3 is 15.0 Å². The van der Waals surface area contributed by atoms with Crippen molar-refractivity contribution < 1.29 is 14.3 Å². The van der Waals surface area contributed by atoms with Crippen LogP contribution in [0.4, 0.5) is 0 Å². The molecule has 0 spiro atoms. The SMILES string of the molecule is CCC(COC)N1C(=O)C(C)(CC)NC(=O)C1C(C)C. The van der Waals surface area contributed by atoms with Gasteiger partial charge in [-0.05, 0) is 25.7 Å². The molecule has 0 aliphatic carbocycles. The molecule has 1 heterocycles. The maximum Gasteiger partial charge on any atom is 0.249 e. The van der Waals surface area contributed by atoms with Gasteiger partial charge in [0, 0.05) is 7.11 Å². The van der Waals surface area contributed by atoms with E-state index in [-0.39, 0.29) is 23.8 Å². The van der Waals surface area contributed by atoms with Crippen LogP contribution in [-0.2, 0) is 14.3 Å². The normalized spacial score (nSPS) is 28.8. The molecular formula is C15H28N2O3. The van der Waals surface area contributed by atoms with Crippen molar-refractivity contribution in [2.45, 2.75) is 65.1 Å². The molecule has 3 unspecified atom stereocenters. The summed E-state index contributed by atoms with van der Waals surface area (Å²) in [6.07, 6.45) is 1.36. The fourth-order valence-corrected chi connectivity index (χ4v) is 2.78. The van der Waals surface area contributed by atoms with E-state index in [1.54, 1.807) is 18.9 Å². The van der Waals surface area contributed by atoms with Gasteiger partial charge in [-0.2, -0.15) is 0 Å². The van der Waals surface area contributed by atoms with Crippen molar-refractivity contribution in [3.05, 3.63) is 0 Å². The highest BCUT2D eigenvalue weighted by Crippen LogP contribution is 2.28. The Bertz CT molecular complexity index is 370. The van der Waals surface area contributed by atoms with E-state index >= 15 is 0 Å².